The molecule has 130 valence electrons. The first-order valence-corrected chi connectivity index (χ1v) is 8.15. The minimum absolute atomic E-state index is 0.0108. The summed E-state index contributed by atoms with van der Waals surface area (Å²) in [6.07, 6.45) is 2.56. The first-order valence-electron chi connectivity index (χ1n) is 8.15. The monoisotopic (exact) mass is 333 g/mol. The quantitative estimate of drug-likeness (QED) is 0.854. The summed E-state index contributed by atoms with van der Waals surface area (Å²) in [5.41, 5.74) is 0.338. The summed E-state index contributed by atoms with van der Waals surface area (Å²) in [5.74, 6) is 0.574. The van der Waals surface area contributed by atoms with Gasteiger partial charge in [-0.25, -0.2) is 4.98 Å². The van der Waals surface area contributed by atoms with Gasteiger partial charge in [-0.2, -0.15) is 0 Å². The third kappa shape index (κ3) is 2.96. The highest BCUT2D eigenvalue weighted by Crippen LogP contribution is 2.42. The highest BCUT2D eigenvalue weighted by Gasteiger charge is 2.54. The van der Waals surface area contributed by atoms with Gasteiger partial charge >= 0.3 is 0 Å². The lowest BCUT2D eigenvalue weighted by Crippen LogP contribution is -2.49. The van der Waals surface area contributed by atoms with Crippen LogP contribution in [0.4, 0.5) is 0 Å². The Bertz CT molecular complexity index is 636. The number of amides is 2. The Morgan fingerprint density at radius 3 is 3.12 bits per heavy atom. The average Bonchev–Trinajstić information content (AvgIpc) is 3.02. The van der Waals surface area contributed by atoms with E-state index >= 15 is 0 Å². The Labute approximate surface area is 141 Å². The van der Waals surface area contributed by atoms with E-state index in [0.29, 0.717) is 38.6 Å². The van der Waals surface area contributed by atoms with Gasteiger partial charge in [-0.05, 0) is 18.1 Å². The number of nitrogens with one attached hydrogen (secondary N) is 1. The molecule has 1 aromatic rings. The van der Waals surface area contributed by atoms with Crippen LogP contribution >= 0.6 is 0 Å². The number of ether oxygens (including phenoxy) is 2. The topological polar surface area (TPSA) is 80.8 Å². The maximum atomic E-state index is 12.7. The number of aromatic nitrogens is 1. The van der Waals surface area contributed by atoms with Crippen LogP contribution in [-0.2, 0) is 20.7 Å². The van der Waals surface area contributed by atoms with E-state index in [9.17, 15) is 9.59 Å². The molecule has 2 atom stereocenters. The zero-order valence-electron chi connectivity index (χ0n) is 14.1. The normalized spacial score (nSPS) is 25.9. The molecular formula is C17H23N3O4. The summed E-state index contributed by atoms with van der Waals surface area (Å²) in [6.45, 7) is 2.12. The van der Waals surface area contributed by atoms with E-state index in [4.69, 9.17) is 9.47 Å². The van der Waals surface area contributed by atoms with E-state index in [0.717, 1.165) is 5.56 Å². The lowest BCUT2D eigenvalue weighted by molar-refractivity contribution is -0.139. The van der Waals surface area contributed by atoms with Crippen LogP contribution in [-0.4, -0.2) is 62.2 Å². The zero-order chi connectivity index (χ0) is 17.2. The van der Waals surface area contributed by atoms with Gasteiger partial charge in [0.05, 0.1) is 25.6 Å². The Kier molecular flexibility index (Phi) is 4.71. The van der Waals surface area contributed by atoms with Crippen LogP contribution in [0, 0.1) is 11.3 Å². The molecule has 2 aliphatic heterocycles. The van der Waals surface area contributed by atoms with E-state index in [1.807, 2.05) is 0 Å². The molecule has 0 unspecified atom stereocenters. The molecule has 0 saturated carbocycles. The molecule has 0 radical (unpaired) electrons. The van der Waals surface area contributed by atoms with Crippen molar-refractivity contribution in [3.63, 3.8) is 0 Å². The predicted molar refractivity (Wildman–Crippen MR) is 86.5 cm³/mol. The molecule has 7 nitrogen and oxygen atoms in total. The molecule has 2 amide bonds. The third-order valence-electron chi connectivity index (χ3n) is 5.10. The summed E-state index contributed by atoms with van der Waals surface area (Å²) in [5, 5.41) is 2.76. The van der Waals surface area contributed by atoms with Crippen LogP contribution < -0.4 is 10.1 Å². The number of hydrogen-bond donors (Lipinski definition) is 1. The van der Waals surface area contributed by atoms with Gasteiger partial charge in [0.15, 0.2) is 0 Å². The van der Waals surface area contributed by atoms with Crippen molar-refractivity contribution in [2.75, 3.05) is 40.5 Å². The summed E-state index contributed by atoms with van der Waals surface area (Å²) >= 11 is 0. The number of hydrogen-bond acceptors (Lipinski definition) is 5. The molecule has 1 aromatic heterocycles. The second-order valence-corrected chi connectivity index (χ2v) is 6.41. The van der Waals surface area contributed by atoms with Gasteiger partial charge in [-0.3, -0.25) is 9.59 Å². The molecule has 3 rings (SSSR count). The van der Waals surface area contributed by atoms with Crippen LogP contribution in [0.25, 0.3) is 0 Å². The standard InChI is InChI=1S/C17H23N3O4/c1-18-16(22)17-4-6-24-10-13(17)9-20(11-17)15(21)8-12-3-5-19-14(7-12)23-2/h3,5,7,13H,4,6,8-11H2,1-2H3,(H,18,22)/t13-,17+/m1/s1. The number of carbonyl (C=O) groups is 2. The molecule has 0 aliphatic carbocycles. The van der Waals surface area contributed by atoms with E-state index < -0.39 is 5.41 Å². The van der Waals surface area contributed by atoms with E-state index in [1.54, 1.807) is 37.4 Å². The number of nitrogens with zero attached hydrogens (tertiary/aromatic N) is 2. The zero-order valence-corrected chi connectivity index (χ0v) is 14.1. The van der Waals surface area contributed by atoms with Gasteiger partial charge in [0.2, 0.25) is 17.7 Å². The van der Waals surface area contributed by atoms with Gasteiger partial charge < -0.3 is 19.7 Å². The maximum absolute atomic E-state index is 12.7. The van der Waals surface area contributed by atoms with Crippen LogP contribution in [0.15, 0.2) is 18.3 Å². The number of methoxy groups -OCH3 is 1. The number of pyridine rings is 1. The molecule has 3 heterocycles. The molecule has 2 fully saturated rings. The Balaban J connectivity index is 1.73. The molecule has 1 N–H and O–H groups in total. The number of fused-ring (bicyclic) bond motifs is 1. The van der Waals surface area contributed by atoms with Crippen molar-refractivity contribution < 1.29 is 19.1 Å². The fourth-order valence-corrected chi connectivity index (χ4v) is 3.72. The number of carbonyl (C=O) groups excluding carboxylic acids is 2. The second kappa shape index (κ2) is 6.76. The van der Waals surface area contributed by atoms with Gasteiger partial charge in [-0.1, -0.05) is 0 Å². The van der Waals surface area contributed by atoms with Crippen LogP contribution in [0.5, 0.6) is 5.88 Å². The lowest BCUT2D eigenvalue weighted by Gasteiger charge is -2.36. The van der Waals surface area contributed by atoms with Gasteiger partial charge in [0, 0.05) is 44.9 Å². The lowest BCUT2D eigenvalue weighted by atomic mass is 9.73. The van der Waals surface area contributed by atoms with Crippen molar-refractivity contribution in [2.24, 2.45) is 11.3 Å². The third-order valence-corrected chi connectivity index (χ3v) is 5.10. The first-order chi connectivity index (χ1) is 11.6. The molecule has 2 aliphatic rings. The van der Waals surface area contributed by atoms with Gasteiger partial charge in [-0.15, -0.1) is 0 Å². The van der Waals surface area contributed by atoms with Crippen molar-refractivity contribution in [3.8, 4) is 5.88 Å². The molecule has 0 aromatic carbocycles. The molecule has 2 saturated heterocycles. The molecule has 0 spiro atoms. The molecule has 24 heavy (non-hydrogen) atoms. The Morgan fingerprint density at radius 2 is 2.38 bits per heavy atom. The van der Waals surface area contributed by atoms with Crippen LogP contribution in [0.1, 0.15) is 12.0 Å². The minimum Gasteiger partial charge on any atom is -0.481 e. The largest absolute Gasteiger partial charge is 0.481 e. The van der Waals surface area contributed by atoms with E-state index in [-0.39, 0.29) is 24.2 Å². The highest BCUT2D eigenvalue weighted by molar-refractivity contribution is 5.86. The summed E-state index contributed by atoms with van der Waals surface area (Å²) in [7, 11) is 3.20. The van der Waals surface area contributed by atoms with E-state index in [1.165, 1.54) is 0 Å². The van der Waals surface area contributed by atoms with Crippen molar-refractivity contribution in [3.05, 3.63) is 23.9 Å². The van der Waals surface area contributed by atoms with Crippen molar-refractivity contribution in [1.82, 2.24) is 15.2 Å². The van der Waals surface area contributed by atoms with Crippen molar-refractivity contribution in [2.45, 2.75) is 12.8 Å². The van der Waals surface area contributed by atoms with Gasteiger partial charge in [0.1, 0.15) is 0 Å². The molecular weight excluding hydrogens is 310 g/mol. The SMILES string of the molecule is CNC(=O)[C@]12CCOC[C@H]1CN(C(=O)Cc1ccnc(OC)c1)C2. The minimum atomic E-state index is -0.515. The highest BCUT2D eigenvalue weighted by atomic mass is 16.5. The summed E-state index contributed by atoms with van der Waals surface area (Å²) in [6, 6.07) is 3.57. The summed E-state index contributed by atoms with van der Waals surface area (Å²) < 4.78 is 10.6. The van der Waals surface area contributed by atoms with Crippen molar-refractivity contribution in [1.29, 1.82) is 0 Å². The Hall–Kier alpha value is -2.15. The number of likely N-dealkylation sites (tertiary alicyclic amines) is 1. The first kappa shape index (κ1) is 16.7. The van der Waals surface area contributed by atoms with Crippen LogP contribution in [0.2, 0.25) is 0 Å². The predicted octanol–water partition coefficient (Wildman–Crippen LogP) is 0.244. The second-order valence-electron chi connectivity index (χ2n) is 6.41. The molecule has 7 heteroatoms. The smallest absolute Gasteiger partial charge is 0.228 e. The fourth-order valence-electron chi connectivity index (χ4n) is 3.72. The number of rotatable bonds is 4. The maximum Gasteiger partial charge on any atom is 0.228 e. The fraction of sp³-hybridized carbons (Fsp3) is 0.588. The molecule has 0 bridgehead atoms. The Morgan fingerprint density at radius 1 is 1.54 bits per heavy atom. The summed E-state index contributed by atoms with van der Waals surface area (Å²) in [4.78, 5) is 31.0. The van der Waals surface area contributed by atoms with E-state index in [2.05, 4.69) is 10.3 Å². The van der Waals surface area contributed by atoms with Gasteiger partial charge in [0.25, 0.3) is 0 Å². The average molecular weight is 333 g/mol. The van der Waals surface area contributed by atoms with Crippen molar-refractivity contribution >= 4 is 11.8 Å². The van der Waals surface area contributed by atoms with Crippen LogP contribution in [0.3, 0.4) is 0 Å².